The Morgan fingerprint density at radius 1 is 0.957 bits per heavy atom. The zero-order valence-corrected chi connectivity index (χ0v) is 13.2. The van der Waals surface area contributed by atoms with Crippen LogP contribution < -0.4 is 14.4 Å². The average molecular weight is 313 g/mol. The molecule has 0 aromatic heterocycles. The molecule has 3 aliphatic carbocycles. The third-order valence-corrected chi connectivity index (χ3v) is 5.39. The Labute approximate surface area is 134 Å². The fourth-order valence-electron chi connectivity index (χ4n) is 4.28. The van der Waals surface area contributed by atoms with Gasteiger partial charge in [0.25, 0.3) is 0 Å². The van der Waals surface area contributed by atoms with Gasteiger partial charge in [-0.3, -0.25) is 9.59 Å². The van der Waals surface area contributed by atoms with E-state index in [0.717, 1.165) is 12.8 Å². The van der Waals surface area contributed by atoms with Crippen LogP contribution in [0.15, 0.2) is 30.4 Å². The normalized spacial score (nSPS) is 31.5. The van der Waals surface area contributed by atoms with Crippen molar-refractivity contribution in [3.8, 4) is 11.5 Å². The molecule has 1 saturated carbocycles. The van der Waals surface area contributed by atoms with Crippen LogP contribution in [0.25, 0.3) is 0 Å². The van der Waals surface area contributed by atoms with E-state index >= 15 is 0 Å². The summed E-state index contributed by atoms with van der Waals surface area (Å²) in [7, 11) is 3.10. The van der Waals surface area contributed by atoms with Crippen LogP contribution in [0.1, 0.15) is 12.8 Å². The first-order valence-electron chi connectivity index (χ1n) is 7.94. The van der Waals surface area contributed by atoms with Gasteiger partial charge >= 0.3 is 0 Å². The molecule has 2 amide bonds. The molecule has 1 aliphatic heterocycles. The molecule has 23 heavy (non-hydrogen) atoms. The number of allylic oxidation sites excluding steroid dienone is 2. The molecule has 2 fully saturated rings. The first kappa shape index (κ1) is 14.3. The summed E-state index contributed by atoms with van der Waals surface area (Å²) in [5, 5.41) is 0. The van der Waals surface area contributed by atoms with Crippen LogP contribution in [0, 0.1) is 23.7 Å². The van der Waals surface area contributed by atoms with Crippen LogP contribution >= 0.6 is 0 Å². The minimum absolute atomic E-state index is 0.106. The topological polar surface area (TPSA) is 55.8 Å². The first-order chi connectivity index (χ1) is 11.2. The average Bonchev–Trinajstić information content (AvgIpc) is 2.88. The van der Waals surface area contributed by atoms with Gasteiger partial charge in [0.15, 0.2) is 0 Å². The zero-order chi connectivity index (χ0) is 16.1. The number of hydrogen-bond donors (Lipinski definition) is 0. The van der Waals surface area contributed by atoms with E-state index in [1.165, 1.54) is 12.0 Å². The molecule has 0 radical (unpaired) electrons. The minimum atomic E-state index is -0.220. The zero-order valence-electron chi connectivity index (χ0n) is 13.2. The van der Waals surface area contributed by atoms with Gasteiger partial charge in [0.1, 0.15) is 11.5 Å². The van der Waals surface area contributed by atoms with E-state index in [4.69, 9.17) is 9.47 Å². The van der Waals surface area contributed by atoms with Gasteiger partial charge in [-0.05, 0) is 36.8 Å². The van der Waals surface area contributed by atoms with Crippen LogP contribution in [-0.4, -0.2) is 26.0 Å². The van der Waals surface area contributed by atoms with Gasteiger partial charge in [-0.25, -0.2) is 4.90 Å². The Kier molecular flexibility index (Phi) is 3.18. The Bertz CT molecular complexity index is 679. The predicted molar refractivity (Wildman–Crippen MR) is 84.4 cm³/mol. The molecule has 0 N–H and O–H groups in total. The Morgan fingerprint density at radius 2 is 1.57 bits per heavy atom. The highest BCUT2D eigenvalue weighted by Crippen LogP contribution is 2.51. The maximum atomic E-state index is 13.0. The summed E-state index contributed by atoms with van der Waals surface area (Å²) in [6, 6.07) is 5.18. The van der Waals surface area contributed by atoms with E-state index in [2.05, 4.69) is 12.2 Å². The fourth-order valence-corrected chi connectivity index (χ4v) is 4.28. The summed E-state index contributed by atoms with van der Waals surface area (Å²) < 4.78 is 10.6. The number of anilines is 1. The second-order valence-corrected chi connectivity index (χ2v) is 6.39. The quantitative estimate of drug-likeness (QED) is 0.635. The van der Waals surface area contributed by atoms with Crippen LogP contribution in [0.5, 0.6) is 11.5 Å². The van der Waals surface area contributed by atoms with Crippen molar-refractivity contribution in [1.82, 2.24) is 0 Å². The third-order valence-electron chi connectivity index (χ3n) is 5.39. The lowest BCUT2D eigenvalue weighted by molar-refractivity contribution is -0.124. The Balaban J connectivity index is 1.79. The van der Waals surface area contributed by atoms with Crippen LogP contribution in [0.4, 0.5) is 5.69 Å². The largest absolute Gasteiger partial charge is 0.497 e. The maximum absolute atomic E-state index is 13.0. The molecule has 5 heteroatoms. The number of imide groups is 1. The number of hydrogen-bond acceptors (Lipinski definition) is 4. The van der Waals surface area contributed by atoms with Crippen LogP contribution in [0.3, 0.4) is 0 Å². The lowest BCUT2D eigenvalue weighted by Gasteiger charge is -2.38. The number of benzene rings is 1. The molecular weight excluding hydrogens is 294 g/mol. The highest BCUT2D eigenvalue weighted by atomic mass is 16.5. The van der Waals surface area contributed by atoms with Crippen molar-refractivity contribution in [3.05, 3.63) is 30.4 Å². The van der Waals surface area contributed by atoms with Crippen molar-refractivity contribution in [3.63, 3.8) is 0 Å². The molecule has 1 heterocycles. The number of fused-ring (bicyclic) bond motifs is 1. The highest BCUT2D eigenvalue weighted by Gasteiger charge is 2.57. The van der Waals surface area contributed by atoms with Crippen molar-refractivity contribution < 1.29 is 19.1 Å². The van der Waals surface area contributed by atoms with E-state index in [0.29, 0.717) is 17.2 Å². The van der Waals surface area contributed by atoms with Gasteiger partial charge in [0, 0.05) is 6.07 Å². The summed E-state index contributed by atoms with van der Waals surface area (Å²) in [5.41, 5.74) is 0.482. The summed E-state index contributed by atoms with van der Waals surface area (Å²) in [6.07, 6.45) is 6.22. The van der Waals surface area contributed by atoms with Crippen molar-refractivity contribution in [2.45, 2.75) is 12.8 Å². The van der Waals surface area contributed by atoms with E-state index in [-0.39, 0.29) is 35.5 Å². The van der Waals surface area contributed by atoms with Gasteiger partial charge in [0.05, 0.1) is 31.7 Å². The van der Waals surface area contributed by atoms with E-state index < -0.39 is 0 Å². The van der Waals surface area contributed by atoms with E-state index in [9.17, 15) is 9.59 Å². The number of rotatable bonds is 3. The molecule has 2 unspecified atom stereocenters. The molecule has 4 aliphatic rings. The number of ether oxygens (including phenoxy) is 2. The molecule has 5 rings (SSSR count). The summed E-state index contributed by atoms with van der Waals surface area (Å²) >= 11 is 0. The SMILES string of the molecule is COc1ccc(OC)c(N2C(=O)C3C(C2=O)[C@H]2C=C[C@@H]3CC2)c1. The fraction of sp³-hybridized carbons (Fsp3) is 0.444. The number of carbonyl (C=O) groups is 2. The molecule has 0 spiro atoms. The molecule has 1 aromatic rings. The predicted octanol–water partition coefficient (Wildman–Crippen LogP) is 2.41. The summed E-state index contributed by atoms with van der Waals surface area (Å²) in [6.45, 7) is 0. The molecule has 5 nitrogen and oxygen atoms in total. The van der Waals surface area contributed by atoms with Crippen LogP contribution in [0.2, 0.25) is 0 Å². The van der Waals surface area contributed by atoms with Crippen molar-refractivity contribution in [2.24, 2.45) is 23.7 Å². The lowest BCUT2D eigenvalue weighted by atomic mass is 9.63. The first-order valence-corrected chi connectivity index (χ1v) is 7.94. The molecular formula is C18H19NO4. The lowest BCUT2D eigenvalue weighted by Crippen LogP contribution is -2.38. The molecule has 1 aromatic carbocycles. The number of amides is 2. The molecule has 1 saturated heterocycles. The third kappa shape index (κ3) is 1.92. The van der Waals surface area contributed by atoms with Crippen molar-refractivity contribution >= 4 is 17.5 Å². The Morgan fingerprint density at radius 3 is 2.04 bits per heavy atom. The smallest absolute Gasteiger partial charge is 0.238 e. The minimum Gasteiger partial charge on any atom is -0.497 e. The maximum Gasteiger partial charge on any atom is 0.238 e. The van der Waals surface area contributed by atoms with Gasteiger partial charge in [-0.15, -0.1) is 0 Å². The summed E-state index contributed by atoms with van der Waals surface area (Å²) in [4.78, 5) is 27.3. The van der Waals surface area contributed by atoms with Crippen LogP contribution in [-0.2, 0) is 9.59 Å². The van der Waals surface area contributed by atoms with E-state index in [1.54, 1.807) is 25.3 Å². The van der Waals surface area contributed by atoms with Gasteiger partial charge in [-0.1, -0.05) is 12.2 Å². The van der Waals surface area contributed by atoms with Gasteiger partial charge < -0.3 is 9.47 Å². The standard InChI is InChI=1S/C18H19NO4/c1-22-12-7-8-14(23-2)13(9-12)19-17(20)15-10-3-4-11(6-5-10)16(15)18(19)21/h3-4,7-11,15-16H,5-6H2,1-2H3/t10-,11+,15?,16?. The van der Waals surface area contributed by atoms with Crippen molar-refractivity contribution in [2.75, 3.05) is 19.1 Å². The second kappa shape index (κ2) is 5.11. The molecule has 2 bridgehead atoms. The van der Waals surface area contributed by atoms with E-state index in [1.807, 2.05) is 0 Å². The Hall–Kier alpha value is -2.30. The van der Waals surface area contributed by atoms with Gasteiger partial charge in [0.2, 0.25) is 11.8 Å². The monoisotopic (exact) mass is 313 g/mol. The number of nitrogens with zero attached hydrogens (tertiary/aromatic N) is 1. The van der Waals surface area contributed by atoms with Crippen molar-refractivity contribution in [1.29, 1.82) is 0 Å². The number of carbonyl (C=O) groups excluding carboxylic acids is 2. The highest BCUT2D eigenvalue weighted by molar-refractivity contribution is 6.23. The second-order valence-electron chi connectivity index (χ2n) is 6.39. The molecule has 4 atom stereocenters. The summed E-state index contributed by atoms with van der Waals surface area (Å²) in [5.74, 6) is 0.815. The number of methoxy groups -OCH3 is 2. The molecule has 120 valence electrons. The van der Waals surface area contributed by atoms with Gasteiger partial charge in [-0.2, -0.15) is 0 Å².